The summed E-state index contributed by atoms with van der Waals surface area (Å²) in [7, 11) is 1.99. The van der Waals surface area contributed by atoms with Crippen molar-refractivity contribution in [3.05, 3.63) is 47.0 Å². The lowest BCUT2D eigenvalue weighted by atomic mass is 10.1. The summed E-state index contributed by atoms with van der Waals surface area (Å²) in [5.74, 6) is 0.0743. The van der Waals surface area contributed by atoms with Crippen LogP contribution < -0.4 is 19.3 Å². The Labute approximate surface area is 165 Å². The quantitative estimate of drug-likeness (QED) is 0.673. The molecular weight excluding hydrogens is 378 g/mol. The van der Waals surface area contributed by atoms with Gasteiger partial charge >= 0.3 is 5.91 Å². The van der Waals surface area contributed by atoms with E-state index in [4.69, 9.17) is 9.47 Å². The monoisotopic (exact) mass is 396 g/mol. The van der Waals surface area contributed by atoms with E-state index in [0.29, 0.717) is 49.2 Å². The van der Waals surface area contributed by atoms with Crippen LogP contribution in [0.1, 0.15) is 15.4 Å². The van der Waals surface area contributed by atoms with Gasteiger partial charge in [0.05, 0.1) is 28.5 Å². The first-order chi connectivity index (χ1) is 13.6. The fraction of sp³-hybridized carbons (Fsp3) is 0.250. The van der Waals surface area contributed by atoms with E-state index in [1.54, 1.807) is 23.5 Å². The molecule has 8 heteroatoms. The molecule has 2 aliphatic rings. The summed E-state index contributed by atoms with van der Waals surface area (Å²) in [6, 6.07) is 11.4. The predicted octanol–water partition coefficient (Wildman–Crippen LogP) is 1.27. The minimum Gasteiger partial charge on any atom is -0.486 e. The largest absolute Gasteiger partial charge is 0.486 e. The summed E-state index contributed by atoms with van der Waals surface area (Å²) in [6.45, 7) is 1.92. The molecule has 1 atom stereocenters. The number of amides is 1. The van der Waals surface area contributed by atoms with Crippen LogP contribution in [-0.4, -0.2) is 43.6 Å². The van der Waals surface area contributed by atoms with Gasteiger partial charge in [0.1, 0.15) is 24.8 Å². The number of para-hydroxylation sites is 1. The van der Waals surface area contributed by atoms with Gasteiger partial charge in [-0.05, 0) is 18.2 Å². The molecule has 0 saturated carbocycles. The number of thiazole rings is 1. The lowest BCUT2D eigenvalue weighted by molar-refractivity contribution is -0.892. The number of hydrogen-bond donors (Lipinski definition) is 1. The van der Waals surface area contributed by atoms with Crippen LogP contribution in [0, 0.1) is 0 Å². The van der Waals surface area contributed by atoms with Crippen molar-refractivity contribution in [1.82, 2.24) is 4.98 Å². The van der Waals surface area contributed by atoms with Crippen LogP contribution in [0.2, 0.25) is 0 Å². The summed E-state index contributed by atoms with van der Waals surface area (Å²) in [5, 5.41) is 0.999. The molecule has 28 heavy (non-hydrogen) atoms. The average Bonchev–Trinajstić information content (AvgIpc) is 3.20. The average molecular weight is 396 g/mol. The minimum absolute atomic E-state index is 0.368. The zero-order valence-electron chi connectivity index (χ0n) is 15.2. The van der Waals surface area contributed by atoms with Gasteiger partial charge in [0.2, 0.25) is 0 Å². The second-order valence-electron chi connectivity index (χ2n) is 6.94. The Kier molecular flexibility index (Phi) is 4.03. The lowest BCUT2D eigenvalue weighted by Gasteiger charge is -2.23. The van der Waals surface area contributed by atoms with Crippen molar-refractivity contribution in [2.75, 3.05) is 31.8 Å². The number of carbonyl (C=O) groups excluding carboxylic acids is 2. The second-order valence-corrected chi connectivity index (χ2v) is 8.06. The molecule has 1 N–H and O–H groups in total. The van der Waals surface area contributed by atoms with E-state index in [1.807, 2.05) is 25.2 Å². The molecule has 1 amide bonds. The Hall–Kier alpha value is -2.97. The molecule has 142 valence electrons. The van der Waals surface area contributed by atoms with Gasteiger partial charge in [0, 0.05) is 6.07 Å². The third-order valence-electron chi connectivity index (χ3n) is 4.85. The van der Waals surface area contributed by atoms with E-state index in [-0.39, 0.29) is 0 Å². The molecule has 1 aromatic heterocycles. The summed E-state index contributed by atoms with van der Waals surface area (Å²) in [4.78, 5) is 32.3. The van der Waals surface area contributed by atoms with Gasteiger partial charge in [0.15, 0.2) is 18.2 Å². The Morgan fingerprint density at radius 3 is 2.68 bits per heavy atom. The van der Waals surface area contributed by atoms with E-state index < -0.39 is 11.7 Å². The molecular formula is C20H18N3O4S+. The Balaban J connectivity index is 1.39. The zero-order valence-corrected chi connectivity index (χ0v) is 16.0. The first-order valence-electron chi connectivity index (χ1n) is 9.06. The maximum absolute atomic E-state index is 12.6. The number of ketones is 1. The first kappa shape index (κ1) is 17.2. The van der Waals surface area contributed by atoms with Gasteiger partial charge in [-0.3, -0.25) is 14.5 Å². The van der Waals surface area contributed by atoms with Crippen LogP contribution in [0.5, 0.6) is 11.5 Å². The number of aromatic nitrogens is 1. The second kappa shape index (κ2) is 6.57. The number of ether oxygens (including phenoxy) is 2. The highest BCUT2D eigenvalue weighted by Crippen LogP contribution is 2.40. The van der Waals surface area contributed by atoms with E-state index in [9.17, 15) is 9.59 Å². The topological polar surface area (TPSA) is 73.2 Å². The molecule has 0 radical (unpaired) electrons. The highest BCUT2D eigenvalue weighted by Gasteiger charge is 2.39. The number of anilines is 1. The van der Waals surface area contributed by atoms with Crippen LogP contribution in [0.3, 0.4) is 0 Å². The van der Waals surface area contributed by atoms with Gasteiger partial charge in [0.25, 0.3) is 5.78 Å². The van der Waals surface area contributed by atoms with Crippen LogP contribution >= 0.6 is 11.3 Å². The van der Waals surface area contributed by atoms with Crippen molar-refractivity contribution in [2.24, 2.45) is 0 Å². The van der Waals surface area contributed by atoms with Crippen molar-refractivity contribution in [2.45, 2.75) is 6.54 Å². The molecule has 7 nitrogen and oxygen atoms in total. The van der Waals surface area contributed by atoms with Crippen LogP contribution in [0.15, 0.2) is 36.4 Å². The Morgan fingerprint density at radius 1 is 1.14 bits per heavy atom. The van der Waals surface area contributed by atoms with E-state index >= 15 is 0 Å². The van der Waals surface area contributed by atoms with Crippen LogP contribution in [0.4, 0.5) is 5.69 Å². The third kappa shape index (κ3) is 2.81. The third-order valence-corrected chi connectivity index (χ3v) is 5.89. The number of quaternary nitrogens is 1. The highest BCUT2D eigenvalue weighted by molar-refractivity contribution is 7.18. The molecule has 3 heterocycles. The maximum atomic E-state index is 12.6. The van der Waals surface area contributed by atoms with Crippen molar-refractivity contribution in [3.63, 3.8) is 0 Å². The molecule has 0 spiro atoms. The Bertz CT molecular complexity index is 1080. The molecule has 3 aromatic rings. The van der Waals surface area contributed by atoms with Gasteiger partial charge < -0.3 is 14.4 Å². The summed E-state index contributed by atoms with van der Waals surface area (Å²) in [6.07, 6.45) is 0. The molecule has 0 saturated heterocycles. The van der Waals surface area contributed by atoms with E-state index in [2.05, 4.69) is 11.1 Å². The number of nitrogens with one attached hydrogen (secondary N) is 1. The maximum Gasteiger partial charge on any atom is 0.303 e. The number of rotatable bonds is 4. The summed E-state index contributed by atoms with van der Waals surface area (Å²) in [5.41, 5.74) is 1.95. The summed E-state index contributed by atoms with van der Waals surface area (Å²) < 4.78 is 12.3. The lowest BCUT2D eigenvalue weighted by Crippen LogP contribution is -3.09. The minimum atomic E-state index is -0.513. The molecule has 1 unspecified atom stereocenters. The molecule has 2 aliphatic heterocycles. The van der Waals surface area contributed by atoms with Gasteiger partial charge in [-0.15, -0.1) is 11.3 Å². The first-order valence-corrected chi connectivity index (χ1v) is 9.87. The number of carbonyl (C=O) groups is 2. The number of fused-ring (bicyclic) bond motifs is 3. The fourth-order valence-corrected chi connectivity index (χ4v) is 4.65. The molecule has 5 rings (SSSR count). The van der Waals surface area contributed by atoms with E-state index in [1.165, 1.54) is 4.90 Å². The number of benzene rings is 2. The molecule has 2 aromatic carbocycles. The number of Topliss-reactive ketones (excluding diaryl/α,β-unsaturated/α-hetero) is 1. The van der Waals surface area contributed by atoms with E-state index in [0.717, 1.165) is 20.1 Å². The number of nitrogens with zero attached hydrogens (tertiary/aromatic N) is 2. The molecule has 0 aliphatic carbocycles. The summed E-state index contributed by atoms with van der Waals surface area (Å²) >= 11 is 1.65. The van der Waals surface area contributed by atoms with Crippen molar-refractivity contribution in [3.8, 4) is 11.5 Å². The fourth-order valence-electron chi connectivity index (χ4n) is 3.57. The highest BCUT2D eigenvalue weighted by atomic mass is 32.1. The van der Waals surface area contributed by atoms with Gasteiger partial charge in [-0.1, -0.05) is 12.1 Å². The van der Waals surface area contributed by atoms with Gasteiger partial charge in [-0.2, -0.15) is 0 Å². The SMILES string of the molecule is C[NH+](Cc1nc2ccccc2s1)CN1C(=O)C(=O)c2cc3c(cc21)OCCO3. The van der Waals surface area contributed by atoms with Crippen LogP contribution in [0.25, 0.3) is 10.2 Å². The molecule has 0 fully saturated rings. The Morgan fingerprint density at radius 2 is 1.89 bits per heavy atom. The number of hydrogen-bond acceptors (Lipinski definition) is 6. The van der Waals surface area contributed by atoms with Crippen molar-refractivity contribution in [1.29, 1.82) is 0 Å². The zero-order chi connectivity index (χ0) is 19.3. The standard InChI is InChI=1S/C20H17N3O4S/c1-22(10-18-21-13-4-2-3-5-17(13)28-18)11-23-14-9-16-15(26-6-7-27-16)8-12(14)19(24)20(23)25/h2-5,8-9H,6-7,10-11H2,1H3/p+1. The smallest absolute Gasteiger partial charge is 0.303 e. The van der Waals surface area contributed by atoms with Crippen molar-refractivity contribution >= 4 is 38.9 Å². The molecule has 0 bridgehead atoms. The predicted molar refractivity (Wildman–Crippen MR) is 104 cm³/mol. The van der Waals surface area contributed by atoms with Crippen LogP contribution in [-0.2, 0) is 11.3 Å². The van der Waals surface area contributed by atoms with Gasteiger partial charge in [-0.25, -0.2) is 4.98 Å². The van der Waals surface area contributed by atoms with Crippen molar-refractivity contribution < 1.29 is 24.0 Å². The normalized spacial score (nSPS) is 16.5.